The Morgan fingerprint density at radius 3 is 2.20 bits per heavy atom. The van der Waals surface area contributed by atoms with Crippen molar-refractivity contribution < 1.29 is 85.7 Å². The van der Waals surface area contributed by atoms with E-state index in [1.165, 1.54) is 44.7 Å². The summed E-state index contributed by atoms with van der Waals surface area (Å²) >= 11 is 0. The number of esters is 1. The molecule has 3 aromatic heterocycles. The number of nitrogens with two attached hydrogens (primary N) is 2. The van der Waals surface area contributed by atoms with Gasteiger partial charge in [-0.3, -0.25) is 23.0 Å². The summed E-state index contributed by atoms with van der Waals surface area (Å²) in [5, 5.41) is 19.8. The van der Waals surface area contributed by atoms with Crippen LogP contribution in [0.2, 0.25) is 0 Å². The maximum Gasteiger partial charge on any atom is 0.567 e. The summed E-state index contributed by atoms with van der Waals surface area (Å²) in [7, 11) is -7.23. The van der Waals surface area contributed by atoms with Gasteiger partial charge >= 0.3 is 39.8 Å². The molecule has 2 saturated heterocycles. The Labute approximate surface area is 445 Å². The highest BCUT2D eigenvalue weighted by atomic mass is 33.1. The van der Waals surface area contributed by atoms with Gasteiger partial charge in [0.25, 0.3) is 0 Å². The molecule has 0 aliphatic carbocycles. The van der Waals surface area contributed by atoms with Crippen molar-refractivity contribution in [2.75, 3.05) is 37.0 Å². The Balaban J connectivity index is 1.33. The van der Waals surface area contributed by atoms with Crippen LogP contribution in [0.3, 0.4) is 0 Å². The molecule has 0 aromatic carbocycles. The first kappa shape index (κ1) is 62.3. The predicted molar refractivity (Wildman–Crippen MR) is 274 cm³/mol. The van der Waals surface area contributed by atoms with Gasteiger partial charge in [-0.25, -0.2) is 38.7 Å². The van der Waals surface area contributed by atoms with Crippen molar-refractivity contribution >= 4 is 84.4 Å². The highest BCUT2D eigenvalue weighted by molar-refractivity contribution is 8.77. The lowest BCUT2D eigenvalue weighted by Gasteiger charge is -2.26. The van der Waals surface area contributed by atoms with E-state index in [9.17, 15) is 53.2 Å². The van der Waals surface area contributed by atoms with Gasteiger partial charge in [0.05, 0.1) is 12.9 Å². The van der Waals surface area contributed by atoms with Crippen LogP contribution in [0, 0.1) is 0 Å². The van der Waals surface area contributed by atoms with Gasteiger partial charge in [0.2, 0.25) is 5.91 Å². The van der Waals surface area contributed by atoms with E-state index < -0.39 is 125 Å². The van der Waals surface area contributed by atoms with E-state index in [0.29, 0.717) is 0 Å². The summed E-state index contributed by atoms with van der Waals surface area (Å²) in [5.41, 5.74) is 9.09. The number of nitrogens with zero attached hydrogens (tertiary/aromatic N) is 6. The van der Waals surface area contributed by atoms with Gasteiger partial charge in [-0.05, 0) is 66.9 Å². The fourth-order valence-electron chi connectivity index (χ4n) is 7.24. The molecule has 0 bridgehead atoms. The number of aliphatic hydroxyl groups is 1. The first-order valence-electron chi connectivity index (χ1n) is 23.6. The maximum atomic E-state index is 14.2. The smallest absolute Gasteiger partial charge is 0.455 e. The minimum atomic E-state index is -5.29. The second-order valence-electron chi connectivity index (χ2n) is 20.3. The second-order valence-corrected chi connectivity index (χ2v) is 26.2. The van der Waals surface area contributed by atoms with E-state index in [2.05, 4.69) is 35.9 Å². The van der Waals surface area contributed by atoms with Crippen molar-refractivity contribution in [2.45, 2.75) is 159 Å². The molecule has 0 saturated carbocycles. The number of nitrogen functional groups attached to an aromatic ring is 2. The molecule has 1 unspecified atom stereocenters. The lowest BCUT2D eigenvalue weighted by molar-refractivity contribution is -0.159. The fourth-order valence-corrected chi connectivity index (χ4v) is 11.0. The Morgan fingerprint density at radius 1 is 0.921 bits per heavy atom. The van der Waals surface area contributed by atoms with E-state index in [-0.39, 0.29) is 65.5 Å². The molecule has 3 aromatic rings. The summed E-state index contributed by atoms with van der Waals surface area (Å²) in [6, 6.07) is -1.15. The molecular weight excluding hydrogens is 1090 g/mol. The van der Waals surface area contributed by atoms with Crippen molar-refractivity contribution in [2.24, 2.45) is 0 Å². The Hall–Kier alpha value is -4.53. The Bertz CT molecular complexity index is 2590. The highest BCUT2D eigenvalue weighted by Crippen LogP contribution is 2.51. The molecule has 12 N–H and O–H groups in total. The standard InChI is InChI=1S/C42H67N11O19P2S2/c1-40(2,3)70-38(58)49-22(12-10-11-14-45-34(55)23(19-75-76-42(7,8)9)50-39(59)71-41(4,5)6)36(56)69-31-26(68-35(30(31)54)53-21-48-29-32(44)46-20-47-33(29)53)18-66-74(63,64)72-24-16-28(52-15-13-27(43)51-37(52)57)67-25(24)17-65-73(60,61)62/h13,15,20-26,28,30-31,35,54,60-62H,10-12,14,16-19H2,1-9H3,(H7-,43,44,45,46,47,49,50,51,55,57,58,59,63,64)/p+1/t22-,23-,24-,25+,26+,28+,30+,31+,35+/m0/s1. The van der Waals surface area contributed by atoms with Crippen LogP contribution < -0.4 is 33.1 Å². The quantitative estimate of drug-likeness (QED) is 0.0214. The number of aromatic nitrogens is 6. The number of nitrogens with one attached hydrogen (secondary N) is 3. The van der Waals surface area contributed by atoms with Gasteiger partial charge < -0.3 is 61.1 Å². The number of anilines is 2. The summed E-state index contributed by atoms with van der Waals surface area (Å²) in [6.45, 7) is 14.2. The number of carbonyl (C=O) groups is 4. The molecule has 2 aliphatic rings. The zero-order chi connectivity index (χ0) is 56.6. The van der Waals surface area contributed by atoms with Crippen molar-refractivity contribution in [3.8, 4) is 0 Å². The largest absolute Gasteiger partial charge is 0.567 e. The maximum absolute atomic E-state index is 14.2. The van der Waals surface area contributed by atoms with E-state index >= 15 is 0 Å². The average molecular weight is 1160 g/mol. The monoisotopic (exact) mass is 1160 g/mol. The number of alkyl carbamates (subject to hydrolysis) is 2. The number of hydrogen-bond acceptors (Lipinski definition) is 26. The predicted octanol–water partition coefficient (Wildman–Crippen LogP) is 2.13. The number of aliphatic hydroxyl groups excluding tert-OH is 1. The van der Waals surface area contributed by atoms with Crippen molar-refractivity contribution in [3.63, 3.8) is 0 Å². The summed E-state index contributed by atoms with van der Waals surface area (Å²) < 4.78 is 59.9. The number of amides is 3. The van der Waals surface area contributed by atoms with Crippen LogP contribution >= 0.6 is 37.6 Å². The van der Waals surface area contributed by atoms with Gasteiger partial charge in [-0.1, -0.05) is 42.4 Å². The van der Waals surface area contributed by atoms with Gasteiger partial charge in [0.15, 0.2) is 23.8 Å². The van der Waals surface area contributed by atoms with Gasteiger partial charge in [0.1, 0.15) is 78.2 Å². The third-order valence-corrected chi connectivity index (χ3v) is 15.3. The van der Waals surface area contributed by atoms with Crippen molar-refractivity contribution in [1.29, 1.82) is 0 Å². The van der Waals surface area contributed by atoms with Gasteiger partial charge in [-0.2, -0.15) is 24.2 Å². The molecule has 34 heteroatoms. The molecule has 10 atom stereocenters. The molecular formula is C42H68N11O19P2S2+. The molecule has 0 radical (unpaired) electrons. The first-order valence-corrected chi connectivity index (χ1v) is 29.0. The van der Waals surface area contributed by atoms with E-state index in [0.717, 1.165) is 10.9 Å². The number of carbonyl (C=O) groups excluding carboxylic acids is 4. The first-order chi connectivity index (χ1) is 35.2. The molecule has 5 rings (SSSR count). The summed E-state index contributed by atoms with van der Waals surface area (Å²) in [5.74, 6) is -1.53. The third-order valence-electron chi connectivity index (χ3n) is 10.4. The Kier molecular flexibility index (Phi) is 21.3. The SMILES string of the molecule is CC(C)(C)OC(=O)N[C@@H](CSSC(C)(C)C)C(=O)NCCCC[C@H](NC(=O)OC(C)(C)C)C(=O)O[C@H]1[C@@H](O)[C@H](n2cnc3c(N)ncnc32)O[C@@H]1COP(=O)(O)O[C@H]1C[C@H](n2ccc(N)nc2=O)O[C@@H]1CO[P+](O)(O)O. The van der Waals surface area contributed by atoms with Crippen LogP contribution in [0.1, 0.15) is 100 Å². The fraction of sp³-hybridized carbons (Fsp3) is 0.690. The molecule has 5 heterocycles. The highest BCUT2D eigenvalue weighted by Gasteiger charge is 2.51. The molecule has 3 amide bonds. The normalized spacial score (nSPS) is 22.8. The van der Waals surface area contributed by atoms with Crippen molar-refractivity contribution in [1.82, 2.24) is 45.0 Å². The summed E-state index contributed by atoms with van der Waals surface area (Å²) in [4.78, 5) is 122. The van der Waals surface area contributed by atoms with Crippen LogP contribution in [-0.4, -0.2) is 162 Å². The van der Waals surface area contributed by atoms with Crippen LogP contribution in [0.4, 0.5) is 21.2 Å². The number of phosphoric ester groups is 1. The minimum absolute atomic E-state index is 0.0246. The van der Waals surface area contributed by atoms with Crippen LogP contribution in [0.25, 0.3) is 11.2 Å². The van der Waals surface area contributed by atoms with Gasteiger partial charge in [0, 0.05) is 29.7 Å². The number of unbranched alkanes of at least 4 members (excludes halogenated alkanes) is 1. The molecule has 76 heavy (non-hydrogen) atoms. The topological polar surface area (TPSA) is 427 Å². The van der Waals surface area contributed by atoms with Crippen LogP contribution in [-0.2, 0) is 51.4 Å². The van der Waals surface area contributed by atoms with Crippen LogP contribution in [0.5, 0.6) is 0 Å². The molecule has 2 fully saturated rings. The summed E-state index contributed by atoms with van der Waals surface area (Å²) in [6.07, 6.45) is -9.07. The van der Waals surface area contributed by atoms with Crippen molar-refractivity contribution in [3.05, 3.63) is 35.4 Å². The third kappa shape index (κ3) is 19.4. The molecule has 0 spiro atoms. The molecule has 2 aliphatic heterocycles. The number of ether oxygens (including phenoxy) is 5. The van der Waals surface area contributed by atoms with E-state index in [4.69, 9.17) is 48.7 Å². The lowest BCUT2D eigenvalue weighted by atomic mass is 10.1. The second kappa shape index (κ2) is 26.0. The van der Waals surface area contributed by atoms with E-state index in [1.807, 2.05) is 20.8 Å². The number of fused-ring (bicyclic) bond motifs is 1. The molecule has 426 valence electrons. The van der Waals surface area contributed by atoms with Gasteiger partial charge in [-0.15, -0.1) is 0 Å². The Morgan fingerprint density at radius 2 is 1.58 bits per heavy atom. The zero-order valence-corrected chi connectivity index (χ0v) is 46.6. The number of rotatable bonds is 23. The van der Waals surface area contributed by atoms with E-state index in [1.54, 1.807) is 41.5 Å². The van der Waals surface area contributed by atoms with Crippen LogP contribution in [0.15, 0.2) is 29.7 Å². The number of imidazole rings is 1. The number of hydrogen-bond donors (Lipinski definition) is 10. The average Bonchev–Trinajstić information content (AvgIpc) is 3.97. The number of phosphoric acid groups is 1. The minimum Gasteiger partial charge on any atom is -0.455 e. The lowest BCUT2D eigenvalue weighted by Crippen LogP contribution is -2.49. The molecule has 30 nitrogen and oxygen atoms in total. The zero-order valence-electron chi connectivity index (χ0n) is 43.2.